The largest absolute Gasteiger partial charge is 0.469 e. The van der Waals surface area contributed by atoms with Crippen molar-refractivity contribution in [2.45, 2.75) is 76.7 Å². The number of phosphoric acid groups is 1. The van der Waals surface area contributed by atoms with Gasteiger partial charge in [-0.15, -0.1) is 0 Å². The van der Waals surface area contributed by atoms with Crippen molar-refractivity contribution in [3.63, 3.8) is 0 Å². The lowest BCUT2D eigenvalue weighted by molar-refractivity contribution is 0.0820. The second-order valence-electron chi connectivity index (χ2n) is 10.9. The number of anilines is 2. The van der Waals surface area contributed by atoms with Crippen LogP contribution < -0.4 is 15.5 Å². The number of nitrogens with one attached hydrogen (secondary N) is 2. The van der Waals surface area contributed by atoms with Gasteiger partial charge in [0.2, 0.25) is 5.95 Å². The van der Waals surface area contributed by atoms with Crippen LogP contribution in [-0.2, 0) is 22.2 Å². The monoisotopic (exact) mass is 579 g/mol. The standard InChI is InChI=1S/C26H35ClN5O6P/c27-22-13-17(1-2-18(22)16-33)14-28-23-21(15-29-25(31-23)32-11-9-26(7-8-26)10-12-32)24(34)30-19-3-5-20(6-4-19)38-39(35,36)37/h1-2,13,15,19-20,33H,3-12,14,16H2,(H,30,34)(H,28,29,31)(H2,35,36,37). The molecule has 3 fully saturated rings. The van der Waals surface area contributed by atoms with E-state index >= 15 is 0 Å². The lowest BCUT2D eigenvalue weighted by Crippen LogP contribution is -2.39. The Kier molecular flexibility index (Phi) is 8.47. The molecule has 5 rings (SSSR count). The van der Waals surface area contributed by atoms with Crippen molar-refractivity contribution < 1.29 is 28.8 Å². The van der Waals surface area contributed by atoms with E-state index in [-0.39, 0.29) is 18.6 Å². The number of rotatable bonds is 9. The zero-order chi connectivity index (χ0) is 27.6. The molecule has 0 atom stereocenters. The van der Waals surface area contributed by atoms with Crippen LogP contribution in [0.2, 0.25) is 5.02 Å². The number of piperidine rings is 1. The van der Waals surface area contributed by atoms with Crippen LogP contribution in [-0.4, -0.2) is 56.0 Å². The summed E-state index contributed by atoms with van der Waals surface area (Å²) in [6, 6.07) is 5.26. The van der Waals surface area contributed by atoms with E-state index in [1.165, 1.54) is 12.8 Å². The van der Waals surface area contributed by atoms with Gasteiger partial charge in [-0.05, 0) is 74.0 Å². The van der Waals surface area contributed by atoms with Crippen molar-refractivity contribution >= 4 is 37.1 Å². The summed E-state index contributed by atoms with van der Waals surface area (Å²) in [7, 11) is -4.53. The first-order valence-corrected chi connectivity index (χ1v) is 15.3. The minimum atomic E-state index is -4.53. The quantitative estimate of drug-likeness (QED) is 0.277. The first-order valence-electron chi connectivity index (χ1n) is 13.4. The highest BCUT2D eigenvalue weighted by Gasteiger charge is 2.44. The summed E-state index contributed by atoms with van der Waals surface area (Å²) >= 11 is 6.27. The van der Waals surface area contributed by atoms with Gasteiger partial charge in [0.05, 0.1) is 12.7 Å². The summed E-state index contributed by atoms with van der Waals surface area (Å²) in [6.45, 7) is 2.01. The first-order chi connectivity index (χ1) is 18.6. The summed E-state index contributed by atoms with van der Waals surface area (Å²) in [5, 5.41) is 16.2. The van der Waals surface area contributed by atoms with Crippen LogP contribution in [0.5, 0.6) is 0 Å². The van der Waals surface area contributed by atoms with Crippen molar-refractivity contribution in [3.05, 3.63) is 46.1 Å². The molecule has 2 aliphatic carbocycles. The van der Waals surface area contributed by atoms with Crippen LogP contribution in [0.15, 0.2) is 24.4 Å². The van der Waals surface area contributed by atoms with E-state index in [1.54, 1.807) is 18.3 Å². The fourth-order valence-electron chi connectivity index (χ4n) is 5.47. The highest BCUT2D eigenvalue weighted by Crippen LogP contribution is 2.53. The third-order valence-electron chi connectivity index (χ3n) is 8.13. The molecule has 5 N–H and O–H groups in total. The molecule has 39 heavy (non-hydrogen) atoms. The summed E-state index contributed by atoms with van der Waals surface area (Å²) in [4.78, 5) is 42.9. The minimum absolute atomic E-state index is 0.142. The molecule has 0 unspecified atom stereocenters. The number of amides is 1. The highest BCUT2D eigenvalue weighted by atomic mass is 35.5. The summed E-state index contributed by atoms with van der Waals surface area (Å²) < 4.78 is 15.9. The van der Waals surface area contributed by atoms with Gasteiger partial charge in [0.25, 0.3) is 5.91 Å². The third kappa shape index (κ3) is 7.28. The van der Waals surface area contributed by atoms with Gasteiger partial charge in [-0.2, -0.15) is 4.98 Å². The number of carbonyl (C=O) groups is 1. The molecule has 1 aromatic carbocycles. The lowest BCUT2D eigenvalue weighted by atomic mass is 9.93. The molecular formula is C26H35ClN5O6P. The van der Waals surface area contributed by atoms with E-state index in [4.69, 9.17) is 30.9 Å². The van der Waals surface area contributed by atoms with Gasteiger partial charge in [-0.3, -0.25) is 9.32 Å². The van der Waals surface area contributed by atoms with Crippen LogP contribution in [0.25, 0.3) is 0 Å². The molecule has 212 valence electrons. The molecule has 0 radical (unpaired) electrons. The molecule has 2 saturated carbocycles. The Balaban J connectivity index is 1.29. The number of nitrogens with zero attached hydrogens (tertiary/aromatic N) is 3. The number of hydrogen-bond acceptors (Lipinski definition) is 8. The molecule has 1 saturated heterocycles. The van der Waals surface area contributed by atoms with Crippen LogP contribution in [0.3, 0.4) is 0 Å². The van der Waals surface area contributed by atoms with Crippen LogP contribution >= 0.6 is 19.4 Å². The van der Waals surface area contributed by atoms with E-state index in [1.807, 2.05) is 6.07 Å². The number of carbonyl (C=O) groups excluding carboxylic acids is 1. The Labute approximate surface area is 232 Å². The molecule has 1 spiro atoms. The Morgan fingerprint density at radius 3 is 2.49 bits per heavy atom. The number of aliphatic hydroxyl groups excluding tert-OH is 1. The van der Waals surface area contributed by atoms with Gasteiger partial charge in [-0.25, -0.2) is 9.55 Å². The number of aromatic nitrogens is 2. The molecule has 2 heterocycles. The van der Waals surface area contributed by atoms with Crippen molar-refractivity contribution in [3.8, 4) is 0 Å². The maximum atomic E-state index is 13.3. The van der Waals surface area contributed by atoms with Crippen molar-refractivity contribution in [1.82, 2.24) is 15.3 Å². The number of aliphatic hydroxyl groups is 1. The van der Waals surface area contributed by atoms with Gasteiger partial charge in [0.15, 0.2) is 0 Å². The fraction of sp³-hybridized carbons (Fsp3) is 0.577. The van der Waals surface area contributed by atoms with E-state index in [0.29, 0.717) is 65.6 Å². The molecule has 0 bridgehead atoms. The Bertz CT molecular complexity index is 1240. The Hall–Kier alpha value is -2.27. The predicted octanol–water partition coefficient (Wildman–Crippen LogP) is 3.77. The van der Waals surface area contributed by atoms with Crippen LogP contribution in [0.4, 0.5) is 11.8 Å². The molecule has 1 aromatic heterocycles. The molecule has 1 amide bonds. The normalized spacial score (nSPS) is 22.5. The second kappa shape index (κ2) is 11.7. The van der Waals surface area contributed by atoms with E-state index in [9.17, 15) is 14.5 Å². The van der Waals surface area contributed by atoms with E-state index < -0.39 is 13.9 Å². The van der Waals surface area contributed by atoms with Crippen molar-refractivity contribution in [2.75, 3.05) is 23.3 Å². The van der Waals surface area contributed by atoms with Crippen molar-refractivity contribution in [1.29, 1.82) is 0 Å². The highest BCUT2D eigenvalue weighted by molar-refractivity contribution is 7.46. The number of benzene rings is 1. The zero-order valence-corrected chi connectivity index (χ0v) is 23.3. The Morgan fingerprint density at radius 2 is 1.87 bits per heavy atom. The van der Waals surface area contributed by atoms with E-state index in [2.05, 4.69) is 20.5 Å². The van der Waals surface area contributed by atoms with Gasteiger partial charge in [0.1, 0.15) is 11.4 Å². The molecule has 2 aromatic rings. The third-order valence-corrected chi connectivity index (χ3v) is 9.05. The molecule has 1 aliphatic heterocycles. The molecular weight excluding hydrogens is 545 g/mol. The molecule has 11 nitrogen and oxygen atoms in total. The second-order valence-corrected chi connectivity index (χ2v) is 12.5. The SMILES string of the molecule is O=C(NC1CCC(OP(=O)(O)O)CC1)c1cnc(N2CCC3(CC2)CC3)nc1NCc1ccc(CO)c(Cl)c1. The number of hydrogen-bond donors (Lipinski definition) is 5. The smallest absolute Gasteiger partial charge is 0.392 e. The van der Waals surface area contributed by atoms with Gasteiger partial charge < -0.3 is 30.4 Å². The van der Waals surface area contributed by atoms with Gasteiger partial charge in [-0.1, -0.05) is 23.7 Å². The van der Waals surface area contributed by atoms with Crippen LogP contribution in [0.1, 0.15) is 72.9 Å². The van der Waals surface area contributed by atoms with E-state index in [0.717, 1.165) is 31.5 Å². The molecule has 3 aliphatic rings. The summed E-state index contributed by atoms with van der Waals surface area (Å²) in [6.07, 6.45) is 7.88. The maximum Gasteiger partial charge on any atom is 0.469 e. The van der Waals surface area contributed by atoms with Crippen LogP contribution in [0, 0.1) is 5.41 Å². The maximum absolute atomic E-state index is 13.3. The lowest BCUT2D eigenvalue weighted by Gasteiger charge is -2.32. The Morgan fingerprint density at radius 1 is 1.15 bits per heavy atom. The number of halogens is 1. The summed E-state index contributed by atoms with van der Waals surface area (Å²) in [5.41, 5.74) is 2.36. The fourth-order valence-corrected chi connectivity index (χ4v) is 6.33. The summed E-state index contributed by atoms with van der Waals surface area (Å²) in [5.74, 6) is 0.700. The predicted molar refractivity (Wildman–Crippen MR) is 146 cm³/mol. The average molecular weight is 580 g/mol. The minimum Gasteiger partial charge on any atom is -0.392 e. The van der Waals surface area contributed by atoms with Gasteiger partial charge in [0, 0.05) is 36.9 Å². The zero-order valence-electron chi connectivity index (χ0n) is 21.7. The first kappa shape index (κ1) is 28.3. The number of phosphoric ester groups is 1. The van der Waals surface area contributed by atoms with Gasteiger partial charge >= 0.3 is 7.82 Å². The topological polar surface area (TPSA) is 157 Å². The van der Waals surface area contributed by atoms with Crippen molar-refractivity contribution in [2.24, 2.45) is 5.41 Å². The average Bonchev–Trinajstić information content (AvgIpc) is 3.66. The molecule has 13 heteroatoms.